The molecule has 0 bridgehead atoms. The standard InChI is InChI=1S/C5H13NO.C3H3NO/c1-2-3-4-5-6-7;1-2-5-3-4-1/h6-7H,2-5H2,1H3;1-3H. The van der Waals surface area contributed by atoms with Crippen molar-refractivity contribution >= 4 is 0 Å². The Labute approximate surface area is 72.6 Å². The molecule has 0 saturated carbocycles. The van der Waals surface area contributed by atoms with Gasteiger partial charge in [0.25, 0.3) is 0 Å². The van der Waals surface area contributed by atoms with Gasteiger partial charge in [0.05, 0.1) is 6.20 Å². The molecule has 1 aromatic rings. The third-order valence-electron chi connectivity index (χ3n) is 1.24. The van der Waals surface area contributed by atoms with Crippen molar-refractivity contribution in [3.05, 3.63) is 18.9 Å². The second kappa shape index (κ2) is 10.1. The first-order valence-corrected chi connectivity index (χ1v) is 4.11. The van der Waals surface area contributed by atoms with Crippen molar-refractivity contribution in [3.63, 3.8) is 0 Å². The van der Waals surface area contributed by atoms with Gasteiger partial charge in [0.15, 0.2) is 6.39 Å². The van der Waals surface area contributed by atoms with Gasteiger partial charge in [0, 0.05) is 6.54 Å². The Morgan fingerprint density at radius 1 is 1.50 bits per heavy atom. The van der Waals surface area contributed by atoms with Crippen LogP contribution in [-0.4, -0.2) is 16.7 Å². The lowest BCUT2D eigenvalue weighted by Gasteiger charge is -1.92. The summed E-state index contributed by atoms with van der Waals surface area (Å²) in [5.74, 6) is 0. The van der Waals surface area contributed by atoms with Gasteiger partial charge in [0.1, 0.15) is 6.26 Å². The third-order valence-corrected chi connectivity index (χ3v) is 1.24. The van der Waals surface area contributed by atoms with Gasteiger partial charge in [-0.1, -0.05) is 19.8 Å². The summed E-state index contributed by atoms with van der Waals surface area (Å²) >= 11 is 0. The number of hydroxylamine groups is 1. The number of hydrogen-bond acceptors (Lipinski definition) is 4. The summed E-state index contributed by atoms with van der Waals surface area (Å²) in [6.45, 7) is 2.87. The summed E-state index contributed by atoms with van der Waals surface area (Å²) in [5.41, 5.74) is 2.10. The molecule has 0 aromatic carbocycles. The summed E-state index contributed by atoms with van der Waals surface area (Å²) in [7, 11) is 0. The fourth-order valence-corrected chi connectivity index (χ4v) is 0.630. The second-order valence-corrected chi connectivity index (χ2v) is 2.29. The zero-order chi connectivity index (χ0) is 9.07. The van der Waals surface area contributed by atoms with E-state index in [9.17, 15) is 0 Å². The van der Waals surface area contributed by atoms with Gasteiger partial charge in [-0.15, -0.1) is 0 Å². The number of hydrogen-bond donors (Lipinski definition) is 2. The highest BCUT2D eigenvalue weighted by Crippen LogP contribution is 1.89. The van der Waals surface area contributed by atoms with E-state index >= 15 is 0 Å². The summed E-state index contributed by atoms with van der Waals surface area (Å²) in [6, 6.07) is 0. The van der Waals surface area contributed by atoms with E-state index in [0.717, 1.165) is 13.0 Å². The predicted molar refractivity (Wildman–Crippen MR) is 45.8 cm³/mol. The molecule has 70 valence electrons. The molecule has 0 amide bonds. The van der Waals surface area contributed by atoms with Crippen LogP contribution in [0.15, 0.2) is 23.3 Å². The maximum Gasteiger partial charge on any atom is 0.180 e. The molecular formula is C8H16N2O2. The van der Waals surface area contributed by atoms with Gasteiger partial charge in [-0.3, -0.25) is 0 Å². The first kappa shape index (κ1) is 11.1. The van der Waals surface area contributed by atoms with Crippen LogP contribution in [0.3, 0.4) is 0 Å². The number of aromatic nitrogens is 1. The maximum absolute atomic E-state index is 8.04. The first-order valence-electron chi connectivity index (χ1n) is 4.11. The zero-order valence-electron chi connectivity index (χ0n) is 7.36. The lowest BCUT2D eigenvalue weighted by molar-refractivity contribution is 0.165. The molecule has 12 heavy (non-hydrogen) atoms. The van der Waals surface area contributed by atoms with Crippen LogP contribution in [-0.2, 0) is 0 Å². The molecule has 0 aliphatic carbocycles. The van der Waals surface area contributed by atoms with Gasteiger partial charge >= 0.3 is 0 Å². The SMILES string of the molecule is CCCCCNO.c1cocn1. The summed E-state index contributed by atoms with van der Waals surface area (Å²) in [5, 5.41) is 8.04. The minimum atomic E-state index is 0.730. The van der Waals surface area contributed by atoms with E-state index in [2.05, 4.69) is 21.8 Å². The van der Waals surface area contributed by atoms with Gasteiger partial charge in [-0.05, 0) is 6.42 Å². The first-order chi connectivity index (χ1) is 5.91. The average Bonchev–Trinajstić information content (AvgIpc) is 2.62. The second-order valence-electron chi connectivity index (χ2n) is 2.29. The fraction of sp³-hybridized carbons (Fsp3) is 0.625. The van der Waals surface area contributed by atoms with Crippen LogP contribution >= 0.6 is 0 Å². The largest absolute Gasteiger partial charge is 0.452 e. The Kier molecular flexibility index (Phi) is 9.40. The molecule has 1 rings (SSSR count). The molecule has 4 heteroatoms. The zero-order valence-corrected chi connectivity index (χ0v) is 7.36. The van der Waals surface area contributed by atoms with Gasteiger partial charge in [0.2, 0.25) is 0 Å². The van der Waals surface area contributed by atoms with Crippen molar-refractivity contribution < 1.29 is 9.62 Å². The normalized spacial score (nSPS) is 8.83. The third kappa shape index (κ3) is 9.13. The van der Waals surface area contributed by atoms with E-state index in [1.165, 1.54) is 25.5 Å². The van der Waals surface area contributed by atoms with Crippen LogP contribution in [0, 0.1) is 0 Å². The van der Waals surface area contributed by atoms with Crippen molar-refractivity contribution in [2.24, 2.45) is 0 Å². The molecule has 1 aromatic heterocycles. The van der Waals surface area contributed by atoms with E-state index in [-0.39, 0.29) is 0 Å². The molecule has 1 heterocycles. The Balaban J connectivity index is 0.000000211. The van der Waals surface area contributed by atoms with Gasteiger partial charge in [-0.25, -0.2) is 10.5 Å². The van der Waals surface area contributed by atoms with E-state index in [0.29, 0.717) is 0 Å². The smallest absolute Gasteiger partial charge is 0.180 e. The summed E-state index contributed by atoms with van der Waals surface area (Å²) < 4.78 is 4.47. The van der Waals surface area contributed by atoms with Crippen LogP contribution in [0.1, 0.15) is 26.2 Å². The maximum atomic E-state index is 8.04. The average molecular weight is 172 g/mol. The number of unbranched alkanes of at least 4 members (excludes halogenated alkanes) is 2. The molecule has 0 radical (unpaired) electrons. The topological polar surface area (TPSA) is 58.3 Å². The van der Waals surface area contributed by atoms with Crippen LogP contribution in [0.25, 0.3) is 0 Å². The van der Waals surface area contributed by atoms with Crippen LogP contribution < -0.4 is 5.48 Å². The van der Waals surface area contributed by atoms with Crippen molar-refractivity contribution in [3.8, 4) is 0 Å². The number of rotatable bonds is 4. The molecule has 0 spiro atoms. The highest BCUT2D eigenvalue weighted by atomic mass is 16.5. The van der Waals surface area contributed by atoms with Crippen molar-refractivity contribution in [2.45, 2.75) is 26.2 Å². The molecule has 0 aliphatic rings. The number of oxazole rings is 1. The van der Waals surface area contributed by atoms with E-state index < -0.39 is 0 Å². The Morgan fingerprint density at radius 2 is 2.33 bits per heavy atom. The molecule has 0 saturated heterocycles. The predicted octanol–water partition coefficient (Wildman–Crippen LogP) is 1.83. The highest BCUT2D eigenvalue weighted by molar-refractivity contribution is 4.56. The number of nitrogens with one attached hydrogen (secondary N) is 1. The van der Waals surface area contributed by atoms with Crippen LogP contribution in [0.2, 0.25) is 0 Å². The lowest BCUT2D eigenvalue weighted by atomic mass is 10.3. The molecule has 2 N–H and O–H groups in total. The Hall–Kier alpha value is -0.870. The molecule has 4 nitrogen and oxygen atoms in total. The number of nitrogens with zero attached hydrogens (tertiary/aromatic N) is 1. The van der Waals surface area contributed by atoms with E-state index in [1.807, 2.05) is 0 Å². The summed E-state index contributed by atoms with van der Waals surface area (Å²) in [4.78, 5) is 3.56. The quantitative estimate of drug-likeness (QED) is 0.537. The molecule has 0 atom stereocenters. The van der Waals surface area contributed by atoms with Crippen LogP contribution in [0.4, 0.5) is 0 Å². The lowest BCUT2D eigenvalue weighted by Crippen LogP contribution is -2.07. The molecule has 0 fully saturated rings. The van der Waals surface area contributed by atoms with E-state index in [4.69, 9.17) is 5.21 Å². The molecule has 0 unspecified atom stereocenters. The van der Waals surface area contributed by atoms with Crippen molar-refractivity contribution in [2.75, 3.05) is 6.54 Å². The molecule has 0 aliphatic heterocycles. The minimum Gasteiger partial charge on any atom is -0.452 e. The monoisotopic (exact) mass is 172 g/mol. The molecular weight excluding hydrogens is 156 g/mol. The summed E-state index contributed by atoms with van der Waals surface area (Å²) in [6.07, 6.45) is 7.96. The fourth-order valence-electron chi connectivity index (χ4n) is 0.630. The van der Waals surface area contributed by atoms with E-state index in [1.54, 1.807) is 6.20 Å². The van der Waals surface area contributed by atoms with Crippen molar-refractivity contribution in [1.29, 1.82) is 0 Å². The Morgan fingerprint density at radius 3 is 2.67 bits per heavy atom. The van der Waals surface area contributed by atoms with Crippen LogP contribution in [0.5, 0.6) is 0 Å². The minimum absolute atomic E-state index is 0.730. The van der Waals surface area contributed by atoms with Gasteiger partial charge < -0.3 is 9.62 Å². The highest BCUT2D eigenvalue weighted by Gasteiger charge is 1.79. The van der Waals surface area contributed by atoms with Crippen molar-refractivity contribution in [1.82, 2.24) is 10.5 Å². The Bertz CT molecular complexity index is 122. The van der Waals surface area contributed by atoms with Gasteiger partial charge in [-0.2, -0.15) is 0 Å².